The van der Waals surface area contributed by atoms with Gasteiger partial charge in [0.25, 0.3) is 0 Å². The summed E-state index contributed by atoms with van der Waals surface area (Å²) in [7, 11) is 0. The summed E-state index contributed by atoms with van der Waals surface area (Å²) in [4.78, 5) is 23.8. The van der Waals surface area contributed by atoms with Gasteiger partial charge in [0.2, 0.25) is 5.91 Å². The monoisotopic (exact) mass is 316 g/mol. The Balaban J connectivity index is 0.00000144. The van der Waals surface area contributed by atoms with E-state index in [2.05, 4.69) is 20.3 Å². The van der Waals surface area contributed by atoms with Crippen LogP contribution in [0, 0.1) is 0 Å². The van der Waals surface area contributed by atoms with Crippen molar-refractivity contribution in [3.63, 3.8) is 0 Å². The predicted molar refractivity (Wildman–Crippen MR) is 84.9 cm³/mol. The second-order valence-electron chi connectivity index (χ2n) is 5.02. The van der Waals surface area contributed by atoms with Gasteiger partial charge < -0.3 is 15.6 Å². The van der Waals surface area contributed by atoms with Crippen molar-refractivity contribution < 1.29 is 4.79 Å². The molecule has 1 aromatic carbocycles. The Morgan fingerprint density at radius 3 is 3.00 bits per heavy atom. The molecule has 0 spiro atoms. The number of anilines is 2. The minimum absolute atomic E-state index is 0. The van der Waals surface area contributed by atoms with Crippen LogP contribution in [0.1, 0.15) is 11.1 Å². The molecule has 22 heavy (non-hydrogen) atoms. The lowest BCUT2D eigenvalue weighted by atomic mass is 10.1. The van der Waals surface area contributed by atoms with Gasteiger partial charge in [0.05, 0.1) is 19.3 Å². The van der Waals surface area contributed by atoms with Crippen molar-refractivity contribution in [1.29, 1.82) is 0 Å². The van der Waals surface area contributed by atoms with E-state index < -0.39 is 0 Å². The Kier molecular flexibility index (Phi) is 3.42. The first-order valence-electron chi connectivity index (χ1n) is 6.53. The van der Waals surface area contributed by atoms with Crippen LogP contribution in [0.25, 0.3) is 11.2 Å². The topological polar surface area (TPSA) is 98.7 Å². The van der Waals surface area contributed by atoms with Crippen molar-refractivity contribution in [3.8, 4) is 0 Å². The summed E-state index contributed by atoms with van der Waals surface area (Å²) in [5, 5.41) is 2.83. The summed E-state index contributed by atoms with van der Waals surface area (Å²) < 4.78 is 1.92. The average Bonchev–Trinajstić information content (AvgIpc) is 3.02. The largest absolute Gasteiger partial charge is 0.382 e. The third-order valence-corrected chi connectivity index (χ3v) is 3.58. The second-order valence-corrected chi connectivity index (χ2v) is 5.02. The number of rotatable bonds is 2. The average molecular weight is 317 g/mol. The van der Waals surface area contributed by atoms with Crippen LogP contribution >= 0.6 is 12.4 Å². The number of hydrogen-bond donors (Lipinski definition) is 2. The van der Waals surface area contributed by atoms with Crippen molar-refractivity contribution in [2.45, 2.75) is 13.0 Å². The van der Waals surface area contributed by atoms with Crippen LogP contribution in [-0.2, 0) is 17.8 Å². The lowest BCUT2D eigenvalue weighted by Gasteiger charge is -2.06. The van der Waals surface area contributed by atoms with Gasteiger partial charge in [-0.25, -0.2) is 15.0 Å². The van der Waals surface area contributed by atoms with Gasteiger partial charge in [0, 0.05) is 5.69 Å². The van der Waals surface area contributed by atoms with Gasteiger partial charge in [-0.3, -0.25) is 4.79 Å². The van der Waals surface area contributed by atoms with Gasteiger partial charge in [-0.15, -0.1) is 12.4 Å². The molecule has 0 fully saturated rings. The van der Waals surface area contributed by atoms with E-state index >= 15 is 0 Å². The molecule has 4 rings (SSSR count). The zero-order chi connectivity index (χ0) is 14.4. The third kappa shape index (κ3) is 2.25. The first-order chi connectivity index (χ1) is 10.2. The maximum Gasteiger partial charge on any atom is 0.228 e. The number of nitrogens with zero attached hydrogens (tertiary/aromatic N) is 4. The highest BCUT2D eigenvalue weighted by Gasteiger charge is 2.17. The molecule has 0 saturated carbocycles. The number of hydrogen-bond acceptors (Lipinski definition) is 5. The molecule has 3 N–H and O–H groups in total. The molecule has 1 aliphatic heterocycles. The fourth-order valence-electron chi connectivity index (χ4n) is 2.59. The Hall–Kier alpha value is -2.67. The van der Waals surface area contributed by atoms with E-state index in [4.69, 9.17) is 5.73 Å². The summed E-state index contributed by atoms with van der Waals surface area (Å²) in [5.41, 5.74) is 10.1. The van der Waals surface area contributed by atoms with Crippen molar-refractivity contribution in [1.82, 2.24) is 19.5 Å². The molecule has 112 valence electrons. The van der Waals surface area contributed by atoms with Gasteiger partial charge in [-0.05, 0) is 17.2 Å². The standard InChI is InChI=1S/C14H12N6O.ClH/c15-13-12-14(17-6-16-13)20(7-18-12)5-8-1-2-10-9(3-8)4-11(21)19-10;/h1-3,6-7H,4-5H2,(H,19,21)(H2,15,16,17);1H. The van der Waals surface area contributed by atoms with E-state index in [1.54, 1.807) is 6.33 Å². The number of carbonyl (C=O) groups excluding carboxylic acids is 1. The van der Waals surface area contributed by atoms with Crippen LogP contribution in [0.3, 0.4) is 0 Å². The SMILES string of the molecule is Cl.Nc1ncnc2c1ncn2Cc1ccc2c(c1)CC(=O)N2. The number of nitrogens with one attached hydrogen (secondary N) is 1. The van der Waals surface area contributed by atoms with Crippen molar-refractivity contribution in [2.75, 3.05) is 11.1 Å². The zero-order valence-corrected chi connectivity index (χ0v) is 12.3. The number of fused-ring (bicyclic) bond motifs is 2. The van der Waals surface area contributed by atoms with Crippen LogP contribution < -0.4 is 11.1 Å². The maximum absolute atomic E-state index is 11.4. The highest BCUT2D eigenvalue weighted by molar-refractivity contribution is 5.99. The first kappa shape index (κ1) is 14.3. The van der Waals surface area contributed by atoms with Crippen LogP contribution in [0.4, 0.5) is 11.5 Å². The molecule has 0 radical (unpaired) electrons. The van der Waals surface area contributed by atoms with Crippen LogP contribution in [0.15, 0.2) is 30.9 Å². The molecule has 0 aliphatic carbocycles. The molecule has 8 heteroatoms. The Morgan fingerprint density at radius 1 is 1.27 bits per heavy atom. The molecule has 3 aromatic rings. The number of benzene rings is 1. The minimum atomic E-state index is 0. The molecular formula is C14H13ClN6O. The van der Waals surface area contributed by atoms with Crippen molar-refractivity contribution in [2.24, 2.45) is 0 Å². The zero-order valence-electron chi connectivity index (χ0n) is 11.5. The lowest BCUT2D eigenvalue weighted by Crippen LogP contribution is -2.03. The van der Waals surface area contributed by atoms with Gasteiger partial charge in [0.15, 0.2) is 11.5 Å². The molecule has 1 aliphatic rings. The Morgan fingerprint density at radius 2 is 2.14 bits per heavy atom. The van der Waals surface area contributed by atoms with E-state index in [1.165, 1.54) is 6.33 Å². The highest BCUT2D eigenvalue weighted by Crippen LogP contribution is 2.24. The van der Waals surface area contributed by atoms with Gasteiger partial charge in [-0.2, -0.15) is 0 Å². The van der Waals surface area contributed by atoms with E-state index in [9.17, 15) is 4.79 Å². The highest BCUT2D eigenvalue weighted by atomic mass is 35.5. The maximum atomic E-state index is 11.4. The molecule has 2 aromatic heterocycles. The summed E-state index contributed by atoms with van der Waals surface area (Å²) in [6.45, 7) is 0.619. The number of nitrogens with two attached hydrogens (primary N) is 1. The number of aromatic nitrogens is 4. The molecule has 0 unspecified atom stereocenters. The Bertz CT molecular complexity index is 875. The lowest BCUT2D eigenvalue weighted by molar-refractivity contribution is -0.115. The van der Waals surface area contributed by atoms with Crippen molar-refractivity contribution >= 4 is 41.0 Å². The van der Waals surface area contributed by atoms with Crippen LogP contribution in [0.2, 0.25) is 0 Å². The van der Waals surface area contributed by atoms with Crippen LogP contribution in [0.5, 0.6) is 0 Å². The van der Waals surface area contributed by atoms with Gasteiger partial charge in [0.1, 0.15) is 11.8 Å². The molecule has 1 amide bonds. The molecule has 0 atom stereocenters. The van der Waals surface area contributed by atoms with E-state index in [0.717, 1.165) is 16.8 Å². The van der Waals surface area contributed by atoms with Gasteiger partial charge in [-0.1, -0.05) is 12.1 Å². The second kappa shape index (κ2) is 5.27. The quantitative estimate of drug-likeness (QED) is 0.744. The van der Waals surface area contributed by atoms with E-state index in [1.807, 2.05) is 22.8 Å². The number of carbonyl (C=O) groups is 1. The fourth-order valence-corrected chi connectivity index (χ4v) is 2.59. The minimum Gasteiger partial charge on any atom is -0.382 e. The molecule has 3 heterocycles. The summed E-state index contributed by atoms with van der Waals surface area (Å²) in [5.74, 6) is 0.415. The number of nitrogen functional groups attached to an aromatic ring is 1. The normalized spacial score (nSPS) is 12.8. The Labute approximate surface area is 132 Å². The summed E-state index contributed by atoms with van der Waals surface area (Å²) in [6, 6.07) is 5.95. The number of imidazole rings is 1. The summed E-state index contributed by atoms with van der Waals surface area (Å²) >= 11 is 0. The first-order valence-corrected chi connectivity index (χ1v) is 6.53. The van der Waals surface area contributed by atoms with Crippen molar-refractivity contribution in [3.05, 3.63) is 42.0 Å². The van der Waals surface area contributed by atoms with E-state index in [-0.39, 0.29) is 18.3 Å². The molecule has 0 bridgehead atoms. The van der Waals surface area contributed by atoms with Gasteiger partial charge >= 0.3 is 0 Å². The molecular weight excluding hydrogens is 304 g/mol. The number of halogens is 1. The fraction of sp³-hybridized carbons (Fsp3) is 0.143. The number of amides is 1. The van der Waals surface area contributed by atoms with Crippen LogP contribution in [-0.4, -0.2) is 25.4 Å². The molecule has 7 nitrogen and oxygen atoms in total. The smallest absolute Gasteiger partial charge is 0.228 e. The van der Waals surface area contributed by atoms with E-state index in [0.29, 0.717) is 29.9 Å². The summed E-state index contributed by atoms with van der Waals surface area (Å²) in [6.07, 6.45) is 3.57. The molecule has 0 saturated heterocycles. The predicted octanol–water partition coefficient (Wildman–Crippen LogP) is 1.37. The third-order valence-electron chi connectivity index (χ3n) is 3.58.